The number of amides is 1. The van der Waals surface area contributed by atoms with Gasteiger partial charge in [0, 0.05) is 6.08 Å². The van der Waals surface area contributed by atoms with Crippen LogP contribution in [0.2, 0.25) is 0 Å². The lowest BCUT2D eigenvalue weighted by molar-refractivity contribution is -0.113. The van der Waals surface area contributed by atoms with E-state index in [9.17, 15) is 9.18 Å². The Kier molecular flexibility index (Phi) is 5.11. The van der Waals surface area contributed by atoms with Crippen LogP contribution in [0.25, 0.3) is 6.08 Å². The fourth-order valence-electron chi connectivity index (χ4n) is 1.66. The molecule has 0 aliphatic rings. The molecule has 0 aliphatic heterocycles. The lowest BCUT2D eigenvalue weighted by Gasteiger charge is -2.09. The van der Waals surface area contributed by atoms with Crippen molar-refractivity contribution in [2.24, 2.45) is 5.73 Å². The van der Waals surface area contributed by atoms with E-state index in [1.54, 1.807) is 24.3 Å². The molecule has 0 fully saturated rings. The van der Waals surface area contributed by atoms with Crippen LogP contribution >= 0.6 is 15.9 Å². The first-order valence-electron chi connectivity index (χ1n) is 6.19. The van der Waals surface area contributed by atoms with Crippen molar-refractivity contribution in [2.75, 3.05) is 0 Å². The highest BCUT2D eigenvalue weighted by molar-refractivity contribution is 9.10. The Morgan fingerprint density at radius 2 is 1.95 bits per heavy atom. The molecule has 0 heterocycles. The molecule has 2 rings (SSSR count). The van der Waals surface area contributed by atoms with Gasteiger partial charge in [-0.1, -0.05) is 18.2 Å². The Hall–Kier alpha value is -2.14. The Morgan fingerprint density at radius 1 is 1.24 bits per heavy atom. The molecule has 3 nitrogen and oxygen atoms in total. The largest absolute Gasteiger partial charge is 0.488 e. The summed E-state index contributed by atoms with van der Waals surface area (Å²) in [7, 11) is 0. The first-order chi connectivity index (χ1) is 10.0. The van der Waals surface area contributed by atoms with Crippen LogP contribution < -0.4 is 10.5 Å². The van der Waals surface area contributed by atoms with Gasteiger partial charge in [-0.25, -0.2) is 4.39 Å². The topological polar surface area (TPSA) is 52.3 Å². The van der Waals surface area contributed by atoms with Crippen molar-refractivity contribution in [3.63, 3.8) is 0 Å². The van der Waals surface area contributed by atoms with E-state index in [1.165, 1.54) is 18.2 Å². The highest BCUT2D eigenvalue weighted by Gasteiger charge is 2.03. The maximum absolute atomic E-state index is 12.8. The van der Waals surface area contributed by atoms with Crippen molar-refractivity contribution in [3.8, 4) is 5.75 Å². The average molecular weight is 350 g/mol. The van der Waals surface area contributed by atoms with Crippen LogP contribution in [-0.4, -0.2) is 5.91 Å². The monoisotopic (exact) mass is 349 g/mol. The van der Waals surface area contributed by atoms with Gasteiger partial charge in [0.2, 0.25) is 5.91 Å². The van der Waals surface area contributed by atoms with Gasteiger partial charge in [0.1, 0.15) is 18.2 Å². The molecule has 21 heavy (non-hydrogen) atoms. The molecule has 0 bridgehead atoms. The van der Waals surface area contributed by atoms with E-state index in [0.29, 0.717) is 12.4 Å². The molecule has 108 valence electrons. The van der Waals surface area contributed by atoms with Crippen LogP contribution in [0.1, 0.15) is 11.1 Å². The standard InChI is InChI=1S/C16H13BrFNO2/c17-14-9-11(4-8-16(19)20)3-7-15(14)21-10-12-1-5-13(18)6-2-12/h1-9H,10H2,(H2,19,20)/b8-4+. The Morgan fingerprint density at radius 3 is 2.57 bits per heavy atom. The molecule has 0 aromatic heterocycles. The number of hydrogen-bond acceptors (Lipinski definition) is 2. The van der Waals surface area contributed by atoms with Crippen LogP contribution in [-0.2, 0) is 11.4 Å². The number of carbonyl (C=O) groups excluding carboxylic acids is 1. The molecule has 0 aliphatic carbocycles. The molecule has 2 aromatic carbocycles. The SMILES string of the molecule is NC(=O)/C=C/c1ccc(OCc2ccc(F)cc2)c(Br)c1. The van der Waals surface area contributed by atoms with Gasteiger partial charge in [-0.15, -0.1) is 0 Å². The summed E-state index contributed by atoms with van der Waals surface area (Å²) in [6.07, 6.45) is 2.91. The first kappa shape index (κ1) is 15.3. The van der Waals surface area contributed by atoms with Crippen molar-refractivity contribution in [2.45, 2.75) is 6.61 Å². The van der Waals surface area contributed by atoms with E-state index in [-0.39, 0.29) is 5.82 Å². The Balaban J connectivity index is 2.04. The van der Waals surface area contributed by atoms with Crippen molar-refractivity contribution in [3.05, 3.63) is 70.0 Å². The van der Waals surface area contributed by atoms with Gasteiger partial charge in [-0.3, -0.25) is 4.79 Å². The number of ether oxygens (including phenoxy) is 1. The van der Waals surface area contributed by atoms with Crippen molar-refractivity contribution >= 4 is 27.9 Å². The first-order valence-corrected chi connectivity index (χ1v) is 6.98. The number of hydrogen-bond donors (Lipinski definition) is 1. The van der Waals surface area contributed by atoms with E-state index in [0.717, 1.165) is 15.6 Å². The van der Waals surface area contributed by atoms with Gasteiger partial charge >= 0.3 is 0 Å². The third-order valence-electron chi connectivity index (χ3n) is 2.70. The Labute approximate surface area is 130 Å². The second-order valence-corrected chi connectivity index (χ2v) is 5.20. The van der Waals surface area contributed by atoms with Crippen molar-refractivity contribution in [1.82, 2.24) is 0 Å². The van der Waals surface area contributed by atoms with E-state index < -0.39 is 5.91 Å². The van der Waals surface area contributed by atoms with Gasteiger partial charge in [0.05, 0.1) is 4.47 Å². The zero-order valence-electron chi connectivity index (χ0n) is 11.1. The number of halogens is 2. The summed E-state index contributed by atoms with van der Waals surface area (Å²) >= 11 is 3.40. The predicted molar refractivity (Wildman–Crippen MR) is 83.1 cm³/mol. The fraction of sp³-hybridized carbons (Fsp3) is 0.0625. The van der Waals surface area contributed by atoms with Gasteiger partial charge in [0.25, 0.3) is 0 Å². The highest BCUT2D eigenvalue weighted by Crippen LogP contribution is 2.27. The van der Waals surface area contributed by atoms with Gasteiger partial charge < -0.3 is 10.5 Å². The summed E-state index contributed by atoms with van der Waals surface area (Å²) in [5.74, 6) is -0.108. The average Bonchev–Trinajstić information content (AvgIpc) is 2.46. The summed E-state index contributed by atoms with van der Waals surface area (Å²) in [6.45, 7) is 0.343. The zero-order valence-corrected chi connectivity index (χ0v) is 12.6. The maximum atomic E-state index is 12.8. The number of benzene rings is 2. The van der Waals surface area contributed by atoms with Crippen molar-refractivity contribution in [1.29, 1.82) is 0 Å². The maximum Gasteiger partial charge on any atom is 0.241 e. The molecule has 2 N–H and O–H groups in total. The van der Waals surface area contributed by atoms with Gasteiger partial charge in [-0.05, 0) is 57.4 Å². The lowest BCUT2D eigenvalue weighted by atomic mass is 10.2. The van der Waals surface area contributed by atoms with Crippen molar-refractivity contribution < 1.29 is 13.9 Å². The molecule has 0 saturated carbocycles. The Bertz CT molecular complexity index is 668. The lowest BCUT2D eigenvalue weighted by Crippen LogP contribution is -2.05. The minimum atomic E-state index is -0.497. The zero-order chi connectivity index (χ0) is 15.2. The van der Waals surface area contributed by atoms with Gasteiger partial charge in [0.15, 0.2) is 0 Å². The second kappa shape index (κ2) is 7.04. The third-order valence-corrected chi connectivity index (χ3v) is 3.32. The minimum Gasteiger partial charge on any atom is -0.488 e. The van der Waals surface area contributed by atoms with Crippen LogP contribution in [0.5, 0.6) is 5.75 Å². The van der Waals surface area contributed by atoms with Gasteiger partial charge in [-0.2, -0.15) is 0 Å². The normalized spacial score (nSPS) is 10.8. The molecule has 5 heteroatoms. The molecular weight excluding hydrogens is 337 g/mol. The molecule has 0 unspecified atom stereocenters. The van der Waals surface area contributed by atoms with E-state index in [1.807, 2.05) is 12.1 Å². The summed E-state index contributed by atoms with van der Waals surface area (Å²) in [5, 5.41) is 0. The predicted octanol–water partition coefficient (Wildman–Crippen LogP) is 3.67. The molecule has 0 atom stereocenters. The number of carbonyl (C=O) groups is 1. The van der Waals surface area contributed by atoms with Crippen LogP contribution in [0, 0.1) is 5.82 Å². The fourth-order valence-corrected chi connectivity index (χ4v) is 2.17. The molecule has 0 saturated heterocycles. The van der Waals surface area contributed by atoms with Crippen LogP contribution in [0.3, 0.4) is 0 Å². The molecule has 1 amide bonds. The molecule has 2 aromatic rings. The third kappa shape index (κ3) is 4.72. The smallest absolute Gasteiger partial charge is 0.241 e. The summed E-state index contributed by atoms with van der Waals surface area (Å²) < 4.78 is 19.2. The highest BCUT2D eigenvalue weighted by atomic mass is 79.9. The number of nitrogens with two attached hydrogens (primary N) is 1. The quantitative estimate of drug-likeness (QED) is 0.837. The summed E-state index contributed by atoms with van der Waals surface area (Å²) in [5.41, 5.74) is 6.75. The van der Waals surface area contributed by atoms with E-state index in [4.69, 9.17) is 10.5 Å². The summed E-state index contributed by atoms with van der Waals surface area (Å²) in [6, 6.07) is 11.6. The minimum absolute atomic E-state index is 0.273. The molecule has 0 radical (unpaired) electrons. The number of primary amides is 1. The van der Waals surface area contributed by atoms with Crippen LogP contribution in [0.4, 0.5) is 4.39 Å². The van der Waals surface area contributed by atoms with Crippen LogP contribution in [0.15, 0.2) is 53.0 Å². The second-order valence-electron chi connectivity index (χ2n) is 4.34. The molecular formula is C16H13BrFNO2. The molecule has 0 spiro atoms. The summed E-state index contributed by atoms with van der Waals surface area (Å²) in [4.78, 5) is 10.7. The van der Waals surface area contributed by atoms with E-state index >= 15 is 0 Å². The number of rotatable bonds is 5. The van der Waals surface area contributed by atoms with E-state index in [2.05, 4.69) is 15.9 Å².